The second-order valence-electron chi connectivity index (χ2n) is 13.1. The van der Waals surface area contributed by atoms with E-state index in [1.807, 2.05) is 18.2 Å². The number of ketones is 2. The number of methoxy groups -OCH3 is 1. The standard InChI is InChI=1S/C22H31N3O4.C19H24N2O5/c1-5-25(6-2)17-11-10-16-13-18(22(28)29-20(16)14-17)21(27)24-12-8-7-9-19(23-4)15(3)26;1-12(22)16(20-2)6-4-5-9-21-18(23)15-10-13-7-8-14(25-3)11-17(13)26-19(15)24/h10-11,13-14,19,23H,5-9,12H2,1-4H3,(H,24,27);7-8,10-11,16,20H,4-6,9H2,1-3H3,(H,21,23). The molecule has 0 aliphatic heterocycles. The van der Waals surface area contributed by atoms with E-state index in [0.29, 0.717) is 60.0 Å². The Hall–Kier alpha value is -5.34. The molecule has 14 nitrogen and oxygen atoms in total. The van der Waals surface area contributed by atoms with Gasteiger partial charge >= 0.3 is 11.3 Å². The Bertz CT molecular complexity index is 2040. The molecule has 298 valence electrons. The van der Waals surface area contributed by atoms with Crippen molar-refractivity contribution in [2.24, 2.45) is 0 Å². The van der Waals surface area contributed by atoms with Crippen molar-refractivity contribution in [2.45, 2.75) is 78.3 Å². The van der Waals surface area contributed by atoms with Gasteiger partial charge in [-0.2, -0.15) is 0 Å². The molecule has 55 heavy (non-hydrogen) atoms. The van der Waals surface area contributed by atoms with Crippen molar-refractivity contribution >= 4 is 51.0 Å². The zero-order valence-corrected chi connectivity index (χ0v) is 33.0. The third-order valence-electron chi connectivity index (χ3n) is 9.37. The number of amides is 2. The number of nitrogens with zero attached hydrogens (tertiary/aromatic N) is 1. The molecule has 0 aliphatic rings. The van der Waals surface area contributed by atoms with Gasteiger partial charge in [0.25, 0.3) is 11.8 Å². The molecule has 2 aromatic heterocycles. The predicted octanol–water partition coefficient (Wildman–Crippen LogP) is 4.60. The third kappa shape index (κ3) is 12.9. The topological polar surface area (TPSA) is 189 Å². The minimum absolute atomic E-state index is 0.00456. The number of nitrogens with one attached hydrogen (secondary N) is 4. The molecule has 2 atom stereocenters. The molecular formula is C41H55N5O9. The van der Waals surface area contributed by atoms with Gasteiger partial charge in [-0.15, -0.1) is 0 Å². The minimum Gasteiger partial charge on any atom is -0.497 e. The molecule has 0 spiro atoms. The third-order valence-corrected chi connectivity index (χ3v) is 9.37. The van der Waals surface area contributed by atoms with Gasteiger partial charge in [-0.25, -0.2) is 9.59 Å². The Morgan fingerprint density at radius 1 is 0.673 bits per heavy atom. The maximum absolute atomic E-state index is 12.4. The van der Waals surface area contributed by atoms with Crippen LogP contribution in [0.2, 0.25) is 0 Å². The fourth-order valence-electron chi connectivity index (χ4n) is 6.06. The van der Waals surface area contributed by atoms with Crippen LogP contribution in [0.1, 0.15) is 86.9 Å². The highest BCUT2D eigenvalue weighted by Crippen LogP contribution is 2.22. The van der Waals surface area contributed by atoms with Crippen molar-refractivity contribution in [3.05, 3.63) is 80.5 Å². The number of carbonyl (C=O) groups is 4. The number of anilines is 1. The minimum atomic E-state index is -0.685. The van der Waals surface area contributed by atoms with Gasteiger partial charge in [0.1, 0.15) is 39.6 Å². The van der Waals surface area contributed by atoms with Crippen LogP contribution in [0.15, 0.2) is 67.0 Å². The van der Waals surface area contributed by atoms with Crippen molar-refractivity contribution in [1.82, 2.24) is 21.3 Å². The first-order valence-electron chi connectivity index (χ1n) is 18.7. The molecule has 4 N–H and O–H groups in total. The van der Waals surface area contributed by atoms with Crippen LogP contribution < -0.4 is 42.2 Å². The summed E-state index contributed by atoms with van der Waals surface area (Å²) in [5, 5.41) is 12.8. The maximum atomic E-state index is 12.4. The summed E-state index contributed by atoms with van der Waals surface area (Å²) in [5.74, 6) is -0.127. The molecule has 0 saturated heterocycles. The summed E-state index contributed by atoms with van der Waals surface area (Å²) in [7, 11) is 5.04. The molecule has 0 fully saturated rings. The highest BCUT2D eigenvalue weighted by Gasteiger charge is 2.17. The van der Waals surface area contributed by atoms with Crippen LogP contribution in [0.3, 0.4) is 0 Å². The molecule has 0 bridgehead atoms. The van der Waals surface area contributed by atoms with Gasteiger partial charge in [0.05, 0.1) is 19.2 Å². The largest absolute Gasteiger partial charge is 0.497 e. The SMILES string of the molecule is CCN(CC)c1ccc2cc(C(=O)NCCCCC(NC)C(C)=O)c(=O)oc2c1.CNC(CCCCNC(=O)c1cc2ccc(OC)cc2oc1=O)C(C)=O. The number of hydrogen-bond acceptors (Lipinski definition) is 12. The zero-order chi connectivity index (χ0) is 40.5. The number of benzene rings is 2. The van der Waals surface area contributed by atoms with Gasteiger partial charge in [0.2, 0.25) is 0 Å². The molecule has 14 heteroatoms. The number of fused-ring (bicyclic) bond motifs is 2. The van der Waals surface area contributed by atoms with E-state index >= 15 is 0 Å². The number of rotatable bonds is 20. The summed E-state index contributed by atoms with van der Waals surface area (Å²) in [6.07, 6.45) is 4.45. The molecule has 2 unspecified atom stereocenters. The van der Waals surface area contributed by atoms with E-state index in [2.05, 4.69) is 40.0 Å². The van der Waals surface area contributed by atoms with Crippen molar-refractivity contribution in [3.63, 3.8) is 0 Å². The van der Waals surface area contributed by atoms with E-state index in [-0.39, 0.29) is 34.8 Å². The Morgan fingerprint density at radius 3 is 1.55 bits per heavy atom. The van der Waals surface area contributed by atoms with E-state index in [0.717, 1.165) is 38.0 Å². The fraction of sp³-hybridized carbons (Fsp3) is 0.463. The molecule has 2 amide bonds. The lowest BCUT2D eigenvalue weighted by molar-refractivity contribution is -0.119. The summed E-state index contributed by atoms with van der Waals surface area (Å²) >= 11 is 0. The first kappa shape index (κ1) is 44.1. The lowest BCUT2D eigenvalue weighted by Crippen LogP contribution is -2.32. The predicted molar refractivity (Wildman–Crippen MR) is 215 cm³/mol. The van der Waals surface area contributed by atoms with E-state index in [9.17, 15) is 28.8 Å². The Labute approximate surface area is 321 Å². The number of ether oxygens (including phenoxy) is 1. The van der Waals surface area contributed by atoms with E-state index in [1.165, 1.54) is 13.2 Å². The quantitative estimate of drug-likeness (QED) is 0.0725. The van der Waals surface area contributed by atoms with Crippen LogP contribution in [0, 0.1) is 0 Å². The maximum Gasteiger partial charge on any atom is 0.349 e. The van der Waals surface area contributed by atoms with Crippen LogP contribution in [-0.2, 0) is 9.59 Å². The smallest absolute Gasteiger partial charge is 0.349 e. The van der Waals surface area contributed by atoms with Crippen molar-refractivity contribution in [2.75, 3.05) is 52.3 Å². The molecule has 4 aromatic rings. The summed E-state index contributed by atoms with van der Waals surface area (Å²) in [5.41, 5.74) is 0.470. The molecule has 0 aliphatic carbocycles. The summed E-state index contributed by atoms with van der Waals surface area (Å²) in [6.45, 7) is 9.82. The average molecular weight is 762 g/mol. The average Bonchev–Trinajstić information content (AvgIpc) is 3.17. The first-order valence-corrected chi connectivity index (χ1v) is 18.7. The highest BCUT2D eigenvalue weighted by atomic mass is 16.5. The molecular weight excluding hydrogens is 706 g/mol. The number of Topliss-reactive ketones (excluding diaryl/α,β-unsaturated/α-hetero) is 2. The summed E-state index contributed by atoms with van der Waals surface area (Å²) in [6, 6.07) is 13.5. The normalized spacial score (nSPS) is 12.0. The molecule has 0 radical (unpaired) electrons. The van der Waals surface area contributed by atoms with Gasteiger partial charge in [-0.3, -0.25) is 19.2 Å². The molecule has 0 saturated carbocycles. The Balaban J connectivity index is 0.000000297. The second-order valence-corrected chi connectivity index (χ2v) is 13.1. The van der Waals surface area contributed by atoms with Crippen LogP contribution in [0.4, 0.5) is 5.69 Å². The van der Waals surface area contributed by atoms with E-state index in [4.69, 9.17) is 13.6 Å². The van der Waals surface area contributed by atoms with Gasteiger partial charge in [0, 0.05) is 54.8 Å². The number of carbonyl (C=O) groups excluding carboxylic acids is 4. The van der Waals surface area contributed by atoms with Gasteiger partial charge in [-0.05, 0) is 117 Å². The van der Waals surface area contributed by atoms with Crippen LogP contribution in [0.5, 0.6) is 5.75 Å². The van der Waals surface area contributed by atoms with Crippen LogP contribution >= 0.6 is 0 Å². The molecule has 4 rings (SSSR count). The van der Waals surface area contributed by atoms with Crippen LogP contribution in [-0.4, -0.2) is 82.8 Å². The highest BCUT2D eigenvalue weighted by molar-refractivity contribution is 5.97. The Morgan fingerprint density at radius 2 is 1.13 bits per heavy atom. The second kappa shape index (κ2) is 22.1. The van der Waals surface area contributed by atoms with Crippen LogP contribution in [0.25, 0.3) is 21.9 Å². The van der Waals surface area contributed by atoms with Crippen molar-refractivity contribution in [3.8, 4) is 5.75 Å². The van der Waals surface area contributed by atoms with E-state index < -0.39 is 23.1 Å². The number of unbranched alkanes of at least 4 members (excludes halogenated alkanes) is 2. The fourth-order valence-corrected chi connectivity index (χ4v) is 6.06. The summed E-state index contributed by atoms with van der Waals surface area (Å²) in [4.78, 5) is 73.9. The van der Waals surface area contributed by atoms with Crippen molar-refractivity contribution < 1.29 is 32.7 Å². The monoisotopic (exact) mass is 761 g/mol. The zero-order valence-electron chi connectivity index (χ0n) is 33.0. The molecule has 2 heterocycles. The summed E-state index contributed by atoms with van der Waals surface area (Å²) < 4.78 is 15.7. The van der Waals surface area contributed by atoms with E-state index in [1.54, 1.807) is 52.2 Å². The van der Waals surface area contributed by atoms with Gasteiger partial charge in [0.15, 0.2) is 0 Å². The lowest BCUT2D eigenvalue weighted by atomic mass is 10.1. The van der Waals surface area contributed by atoms with Gasteiger partial charge < -0.3 is 39.7 Å². The Kier molecular flexibility index (Phi) is 17.7. The number of likely N-dealkylation sites (N-methyl/N-ethyl adjacent to an activating group) is 2. The number of hydrogen-bond donors (Lipinski definition) is 4. The lowest BCUT2D eigenvalue weighted by Gasteiger charge is -2.21. The molecule has 2 aromatic carbocycles. The van der Waals surface area contributed by atoms with Gasteiger partial charge in [-0.1, -0.05) is 0 Å². The van der Waals surface area contributed by atoms with Crippen molar-refractivity contribution in [1.29, 1.82) is 0 Å². The first-order chi connectivity index (χ1) is 26.4.